The zero-order chi connectivity index (χ0) is 11.2. The lowest BCUT2D eigenvalue weighted by atomic mass is 9.97. The molecule has 0 amide bonds. The van der Waals surface area contributed by atoms with E-state index in [4.69, 9.17) is 9.47 Å². The highest BCUT2D eigenvalue weighted by atomic mass is 16.5. The molecular weight excluding hydrogens is 202 g/mol. The minimum Gasteiger partial charge on any atom is -0.497 e. The van der Waals surface area contributed by atoms with Gasteiger partial charge in [0.25, 0.3) is 0 Å². The Morgan fingerprint density at radius 3 is 3.06 bits per heavy atom. The average Bonchev–Trinajstić information content (AvgIpc) is 2.83. The molecule has 2 rings (SSSR count). The van der Waals surface area contributed by atoms with Crippen molar-refractivity contribution in [1.29, 1.82) is 0 Å². The fourth-order valence-corrected chi connectivity index (χ4v) is 2.47. The van der Waals surface area contributed by atoms with Crippen LogP contribution in [-0.2, 0) is 9.47 Å². The summed E-state index contributed by atoms with van der Waals surface area (Å²) in [5.74, 6) is 1.87. The Morgan fingerprint density at radius 1 is 1.50 bits per heavy atom. The van der Waals surface area contributed by atoms with E-state index in [1.165, 1.54) is 18.6 Å². The summed E-state index contributed by atoms with van der Waals surface area (Å²) in [6.07, 6.45) is 6.94. The van der Waals surface area contributed by atoms with Crippen LogP contribution in [0.3, 0.4) is 0 Å². The maximum Gasteiger partial charge on any atom is 0.109 e. The van der Waals surface area contributed by atoms with Gasteiger partial charge in [-0.1, -0.05) is 6.92 Å². The van der Waals surface area contributed by atoms with Crippen LogP contribution in [0.25, 0.3) is 0 Å². The number of rotatable bonds is 5. The predicted molar refractivity (Wildman–Crippen MR) is 64.3 cm³/mol. The van der Waals surface area contributed by atoms with Gasteiger partial charge in [0.15, 0.2) is 0 Å². The van der Waals surface area contributed by atoms with Gasteiger partial charge in [-0.05, 0) is 44.2 Å². The summed E-state index contributed by atoms with van der Waals surface area (Å²) < 4.78 is 11.2. The Labute approximate surface area is 98.2 Å². The molecule has 1 fully saturated rings. The van der Waals surface area contributed by atoms with Crippen LogP contribution in [0.2, 0.25) is 0 Å². The first kappa shape index (κ1) is 11.9. The van der Waals surface area contributed by atoms with Crippen molar-refractivity contribution in [2.75, 3.05) is 26.4 Å². The summed E-state index contributed by atoms with van der Waals surface area (Å²) in [5.41, 5.74) is 0. The molecule has 2 atom stereocenters. The lowest BCUT2D eigenvalue weighted by Crippen LogP contribution is -2.34. The van der Waals surface area contributed by atoms with Crippen molar-refractivity contribution < 1.29 is 9.47 Å². The molecule has 2 unspecified atom stereocenters. The summed E-state index contributed by atoms with van der Waals surface area (Å²) in [4.78, 5) is 0. The van der Waals surface area contributed by atoms with Gasteiger partial charge in [0, 0.05) is 13.2 Å². The van der Waals surface area contributed by atoms with E-state index in [1.54, 1.807) is 0 Å². The van der Waals surface area contributed by atoms with Gasteiger partial charge in [0.05, 0.1) is 12.6 Å². The van der Waals surface area contributed by atoms with Crippen molar-refractivity contribution in [2.24, 2.45) is 5.92 Å². The summed E-state index contributed by atoms with van der Waals surface area (Å²) in [6, 6.07) is 0.400. The van der Waals surface area contributed by atoms with Crippen LogP contribution in [0.5, 0.6) is 0 Å². The largest absolute Gasteiger partial charge is 0.497 e. The van der Waals surface area contributed by atoms with Gasteiger partial charge in [0.2, 0.25) is 0 Å². The van der Waals surface area contributed by atoms with Crippen LogP contribution < -0.4 is 5.32 Å². The van der Waals surface area contributed by atoms with E-state index in [0.29, 0.717) is 12.0 Å². The molecule has 16 heavy (non-hydrogen) atoms. The zero-order valence-electron chi connectivity index (χ0n) is 10.2. The van der Waals surface area contributed by atoms with Crippen LogP contribution in [0, 0.1) is 5.92 Å². The smallest absolute Gasteiger partial charge is 0.109 e. The van der Waals surface area contributed by atoms with Crippen LogP contribution in [0.4, 0.5) is 0 Å². The number of allylic oxidation sites excluding steroid dienone is 1. The van der Waals surface area contributed by atoms with E-state index in [-0.39, 0.29) is 0 Å². The highest BCUT2D eigenvalue weighted by Gasteiger charge is 2.24. The highest BCUT2D eigenvalue weighted by molar-refractivity contribution is 5.06. The molecule has 3 heteroatoms. The molecule has 0 aromatic carbocycles. The molecule has 2 heterocycles. The highest BCUT2D eigenvalue weighted by Crippen LogP contribution is 2.23. The van der Waals surface area contributed by atoms with E-state index in [2.05, 4.69) is 18.3 Å². The van der Waals surface area contributed by atoms with Crippen molar-refractivity contribution >= 4 is 0 Å². The molecule has 0 bridgehead atoms. The minimum absolute atomic E-state index is 0.400. The van der Waals surface area contributed by atoms with Crippen LogP contribution in [0.1, 0.15) is 32.6 Å². The molecule has 0 spiro atoms. The topological polar surface area (TPSA) is 30.5 Å². The molecular formula is C13H23NO2. The van der Waals surface area contributed by atoms with Gasteiger partial charge < -0.3 is 14.8 Å². The van der Waals surface area contributed by atoms with E-state index in [0.717, 1.165) is 39.2 Å². The van der Waals surface area contributed by atoms with Gasteiger partial charge >= 0.3 is 0 Å². The van der Waals surface area contributed by atoms with Gasteiger partial charge in [-0.2, -0.15) is 0 Å². The van der Waals surface area contributed by atoms with Crippen molar-refractivity contribution in [3.8, 4) is 0 Å². The average molecular weight is 225 g/mol. The first-order valence-electron chi connectivity index (χ1n) is 6.54. The normalized spacial score (nSPS) is 27.3. The maximum atomic E-state index is 5.76. The first-order valence-corrected chi connectivity index (χ1v) is 6.54. The van der Waals surface area contributed by atoms with Crippen LogP contribution in [0.15, 0.2) is 11.8 Å². The lowest BCUT2D eigenvalue weighted by Gasteiger charge is -2.26. The molecule has 1 saturated heterocycles. The molecule has 1 N–H and O–H groups in total. The van der Waals surface area contributed by atoms with Crippen LogP contribution >= 0.6 is 0 Å². The molecule has 3 nitrogen and oxygen atoms in total. The third-order valence-corrected chi connectivity index (χ3v) is 3.35. The minimum atomic E-state index is 0.400. The second-order valence-corrected chi connectivity index (χ2v) is 4.67. The quantitative estimate of drug-likeness (QED) is 0.777. The molecule has 0 aromatic rings. The summed E-state index contributed by atoms with van der Waals surface area (Å²) in [7, 11) is 0. The SMILES string of the molecule is CCNC(CC1CCOC1)C1=CCCCO1. The molecule has 0 radical (unpaired) electrons. The third-order valence-electron chi connectivity index (χ3n) is 3.35. The van der Waals surface area contributed by atoms with Gasteiger partial charge in [-0.15, -0.1) is 0 Å². The Bertz CT molecular complexity index is 234. The lowest BCUT2D eigenvalue weighted by molar-refractivity contribution is 0.152. The Kier molecular flexibility index (Phi) is 4.67. The van der Waals surface area contributed by atoms with Crippen molar-refractivity contribution in [3.63, 3.8) is 0 Å². The maximum absolute atomic E-state index is 5.76. The Hall–Kier alpha value is -0.540. The van der Waals surface area contributed by atoms with E-state index in [9.17, 15) is 0 Å². The number of likely N-dealkylation sites (N-methyl/N-ethyl adjacent to an activating group) is 1. The van der Waals surface area contributed by atoms with Gasteiger partial charge in [0.1, 0.15) is 5.76 Å². The second-order valence-electron chi connectivity index (χ2n) is 4.67. The number of hydrogen-bond acceptors (Lipinski definition) is 3. The molecule has 0 aromatic heterocycles. The number of hydrogen-bond donors (Lipinski definition) is 1. The monoisotopic (exact) mass is 225 g/mol. The number of nitrogens with one attached hydrogen (secondary N) is 1. The van der Waals surface area contributed by atoms with Crippen molar-refractivity contribution in [1.82, 2.24) is 5.32 Å². The molecule has 92 valence electrons. The molecule has 2 aliphatic rings. The summed E-state index contributed by atoms with van der Waals surface area (Å²) >= 11 is 0. The van der Waals surface area contributed by atoms with Crippen molar-refractivity contribution in [3.05, 3.63) is 11.8 Å². The second kappa shape index (κ2) is 6.26. The molecule has 2 aliphatic heterocycles. The molecule has 0 aliphatic carbocycles. The van der Waals surface area contributed by atoms with Gasteiger partial charge in [-0.25, -0.2) is 0 Å². The van der Waals surface area contributed by atoms with E-state index in [1.807, 2.05) is 0 Å². The first-order chi connectivity index (χ1) is 7.90. The Morgan fingerprint density at radius 2 is 2.44 bits per heavy atom. The number of ether oxygens (including phenoxy) is 2. The fourth-order valence-electron chi connectivity index (χ4n) is 2.47. The third kappa shape index (κ3) is 3.22. The van der Waals surface area contributed by atoms with E-state index >= 15 is 0 Å². The summed E-state index contributed by atoms with van der Waals surface area (Å²) in [5, 5.41) is 3.53. The van der Waals surface area contributed by atoms with Gasteiger partial charge in [-0.3, -0.25) is 0 Å². The standard InChI is InChI=1S/C13H23NO2/c1-2-14-12(9-11-6-8-15-10-11)13-5-3-4-7-16-13/h5,11-12,14H,2-4,6-10H2,1H3. The van der Waals surface area contributed by atoms with E-state index < -0.39 is 0 Å². The Balaban J connectivity index is 1.89. The zero-order valence-corrected chi connectivity index (χ0v) is 10.2. The molecule has 0 saturated carbocycles. The van der Waals surface area contributed by atoms with Crippen LogP contribution in [-0.4, -0.2) is 32.4 Å². The predicted octanol–water partition coefficient (Wildman–Crippen LogP) is 2.09. The van der Waals surface area contributed by atoms with Crippen molar-refractivity contribution in [2.45, 2.75) is 38.6 Å². The summed E-state index contributed by atoms with van der Waals surface area (Å²) in [6.45, 7) is 5.90. The fraction of sp³-hybridized carbons (Fsp3) is 0.846.